The van der Waals surface area contributed by atoms with Crippen molar-refractivity contribution in [3.63, 3.8) is 0 Å². The summed E-state index contributed by atoms with van der Waals surface area (Å²) in [4.78, 5) is 4.05. The van der Waals surface area contributed by atoms with Crippen LogP contribution in [0.3, 0.4) is 0 Å². The van der Waals surface area contributed by atoms with E-state index in [4.69, 9.17) is 0 Å². The standard InChI is InChI=1S/C16H19N/c1-13(2)6-7-14-4-3-5-16(12-14)15-8-10-17-11-9-15/h3-5,8-13H,6-7H2,1-2H3. The van der Waals surface area contributed by atoms with Crippen molar-refractivity contribution in [2.24, 2.45) is 5.92 Å². The summed E-state index contributed by atoms with van der Waals surface area (Å²) in [7, 11) is 0. The molecule has 2 rings (SSSR count). The van der Waals surface area contributed by atoms with E-state index >= 15 is 0 Å². The zero-order valence-corrected chi connectivity index (χ0v) is 10.6. The summed E-state index contributed by atoms with van der Waals surface area (Å²) in [6.07, 6.45) is 6.10. The molecule has 0 radical (unpaired) electrons. The number of pyridine rings is 1. The molecule has 1 nitrogen and oxygen atoms in total. The number of aromatic nitrogens is 1. The highest BCUT2D eigenvalue weighted by molar-refractivity contribution is 5.63. The fraction of sp³-hybridized carbons (Fsp3) is 0.312. The zero-order chi connectivity index (χ0) is 12.1. The Kier molecular flexibility index (Phi) is 3.92. The number of nitrogens with zero attached hydrogens (tertiary/aromatic N) is 1. The van der Waals surface area contributed by atoms with E-state index in [0.29, 0.717) is 0 Å². The monoisotopic (exact) mass is 225 g/mol. The van der Waals surface area contributed by atoms with E-state index in [-0.39, 0.29) is 0 Å². The number of benzene rings is 1. The number of hydrogen-bond donors (Lipinski definition) is 0. The van der Waals surface area contributed by atoms with Crippen LogP contribution in [0.2, 0.25) is 0 Å². The molecule has 0 saturated heterocycles. The van der Waals surface area contributed by atoms with Crippen molar-refractivity contribution >= 4 is 0 Å². The van der Waals surface area contributed by atoms with Crippen LogP contribution in [0.5, 0.6) is 0 Å². The van der Waals surface area contributed by atoms with Crippen molar-refractivity contribution in [2.45, 2.75) is 26.7 Å². The normalized spacial score (nSPS) is 10.8. The lowest BCUT2D eigenvalue weighted by Gasteiger charge is -2.07. The fourth-order valence-electron chi connectivity index (χ4n) is 1.91. The minimum Gasteiger partial charge on any atom is -0.265 e. The molecule has 0 saturated carbocycles. The quantitative estimate of drug-likeness (QED) is 0.754. The van der Waals surface area contributed by atoms with Gasteiger partial charge in [-0.25, -0.2) is 0 Å². The van der Waals surface area contributed by atoms with Crippen LogP contribution >= 0.6 is 0 Å². The van der Waals surface area contributed by atoms with Crippen LogP contribution in [0.25, 0.3) is 11.1 Å². The minimum atomic E-state index is 0.764. The van der Waals surface area contributed by atoms with Gasteiger partial charge in [0.05, 0.1) is 0 Å². The number of hydrogen-bond acceptors (Lipinski definition) is 1. The van der Waals surface area contributed by atoms with E-state index in [1.807, 2.05) is 12.4 Å². The number of aryl methyl sites for hydroxylation is 1. The summed E-state index contributed by atoms with van der Waals surface area (Å²) in [5.41, 5.74) is 3.95. The predicted molar refractivity (Wildman–Crippen MR) is 72.8 cm³/mol. The molecular weight excluding hydrogens is 206 g/mol. The molecule has 1 heterocycles. The average molecular weight is 225 g/mol. The van der Waals surface area contributed by atoms with Crippen molar-refractivity contribution in [1.82, 2.24) is 4.98 Å². The molecule has 0 aliphatic rings. The minimum absolute atomic E-state index is 0.764. The maximum atomic E-state index is 4.05. The van der Waals surface area contributed by atoms with Gasteiger partial charge >= 0.3 is 0 Å². The fourth-order valence-corrected chi connectivity index (χ4v) is 1.91. The Labute approximate surface area is 104 Å². The van der Waals surface area contributed by atoms with Gasteiger partial charge in [-0.1, -0.05) is 38.1 Å². The summed E-state index contributed by atoms with van der Waals surface area (Å²) in [6, 6.07) is 12.9. The van der Waals surface area contributed by atoms with Gasteiger partial charge in [0.25, 0.3) is 0 Å². The average Bonchev–Trinajstić information content (AvgIpc) is 2.38. The lowest BCUT2D eigenvalue weighted by molar-refractivity contribution is 0.587. The van der Waals surface area contributed by atoms with Crippen molar-refractivity contribution < 1.29 is 0 Å². The first-order valence-corrected chi connectivity index (χ1v) is 6.25. The third-order valence-corrected chi connectivity index (χ3v) is 2.95. The summed E-state index contributed by atoms with van der Waals surface area (Å²) in [5.74, 6) is 0.764. The molecule has 0 unspecified atom stereocenters. The summed E-state index contributed by atoms with van der Waals surface area (Å²) in [6.45, 7) is 4.54. The molecule has 0 aliphatic heterocycles. The van der Waals surface area contributed by atoms with Crippen LogP contribution in [0.1, 0.15) is 25.8 Å². The van der Waals surface area contributed by atoms with E-state index in [1.165, 1.54) is 23.1 Å². The van der Waals surface area contributed by atoms with E-state index in [0.717, 1.165) is 12.3 Å². The lowest BCUT2D eigenvalue weighted by atomic mass is 9.99. The maximum absolute atomic E-state index is 4.05. The molecule has 1 aromatic carbocycles. The van der Waals surface area contributed by atoms with Crippen molar-refractivity contribution in [2.75, 3.05) is 0 Å². The Hall–Kier alpha value is -1.63. The molecule has 0 spiro atoms. The van der Waals surface area contributed by atoms with Gasteiger partial charge in [-0.3, -0.25) is 4.98 Å². The van der Waals surface area contributed by atoms with Gasteiger partial charge in [-0.2, -0.15) is 0 Å². The largest absolute Gasteiger partial charge is 0.265 e. The van der Waals surface area contributed by atoms with E-state index in [2.05, 4.69) is 55.2 Å². The highest BCUT2D eigenvalue weighted by Crippen LogP contribution is 2.20. The van der Waals surface area contributed by atoms with Gasteiger partial charge in [-0.05, 0) is 47.6 Å². The molecule has 2 aromatic rings. The molecule has 0 amide bonds. The Bertz CT molecular complexity index is 460. The Morgan fingerprint density at radius 2 is 1.76 bits per heavy atom. The third kappa shape index (κ3) is 3.42. The van der Waals surface area contributed by atoms with E-state index in [1.54, 1.807) is 0 Å². The first-order chi connectivity index (χ1) is 8.25. The Balaban J connectivity index is 2.17. The van der Waals surface area contributed by atoms with Crippen LogP contribution in [0.4, 0.5) is 0 Å². The van der Waals surface area contributed by atoms with Crippen LogP contribution in [-0.4, -0.2) is 4.98 Å². The maximum Gasteiger partial charge on any atom is 0.0273 e. The molecule has 0 bridgehead atoms. The highest BCUT2D eigenvalue weighted by Gasteiger charge is 2.00. The predicted octanol–water partition coefficient (Wildman–Crippen LogP) is 4.34. The SMILES string of the molecule is CC(C)CCc1cccc(-c2ccncc2)c1. The highest BCUT2D eigenvalue weighted by atomic mass is 14.6. The van der Waals surface area contributed by atoms with Crippen LogP contribution in [0, 0.1) is 5.92 Å². The first-order valence-electron chi connectivity index (χ1n) is 6.25. The lowest BCUT2D eigenvalue weighted by Crippen LogP contribution is -1.92. The van der Waals surface area contributed by atoms with Gasteiger partial charge in [0.1, 0.15) is 0 Å². The topological polar surface area (TPSA) is 12.9 Å². The summed E-state index contributed by atoms with van der Waals surface area (Å²) in [5, 5.41) is 0. The van der Waals surface area contributed by atoms with Gasteiger partial charge in [0.2, 0.25) is 0 Å². The van der Waals surface area contributed by atoms with Crippen molar-refractivity contribution in [1.29, 1.82) is 0 Å². The molecule has 0 N–H and O–H groups in total. The second-order valence-corrected chi connectivity index (χ2v) is 4.87. The van der Waals surface area contributed by atoms with Gasteiger partial charge < -0.3 is 0 Å². The van der Waals surface area contributed by atoms with E-state index in [9.17, 15) is 0 Å². The molecule has 1 aromatic heterocycles. The van der Waals surface area contributed by atoms with Crippen molar-refractivity contribution in [3.8, 4) is 11.1 Å². The van der Waals surface area contributed by atoms with Crippen molar-refractivity contribution in [3.05, 3.63) is 54.4 Å². The van der Waals surface area contributed by atoms with Crippen LogP contribution in [0.15, 0.2) is 48.8 Å². The van der Waals surface area contributed by atoms with Gasteiger partial charge in [-0.15, -0.1) is 0 Å². The molecule has 0 fully saturated rings. The molecule has 1 heteroatoms. The summed E-state index contributed by atoms with van der Waals surface area (Å²) < 4.78 is 0. The smallest absolute Gasteiger partial charge is 0.0273 e. The zero-order valence-electron chi connectivity index (χ0n) is 10.6. The second-order valence-electron chi connectivity index (χ2n) is 4.87. The molecule has 88 valence electrons. The second kappa shape index (κ2) is 5.62. The molecule has 0 aliphatic carbocycles. The van der Waals surface area contributed by atoms with Gasteiger partial charge in [0.15, 0.2) is 0 Å². The summed E-state index contributed by atoms with van der Waals surface area (Å²) >= 11 is 0. The van der Waals surface area contributed by atoms with Crippen LogP contribution < -0.4 is 0 Å². The first kappa shape index (κ1) is 11.8. The number of rotatable bonds is 4. The van der Waals surface area contributed by atoms with E-state index < -0.39 is 0 Å². The molecule has 0 atom stereocenters. The Morgan fingerprint density at radius 1 is 1.00 bits per heavy atom. The van der Waals surface area contributed by atoms with Gasteiger partial charge in [0, 0.05) is 12.4 Å². The van der Waals surface area contributed by atoms with Crippen LogP contribution in [-0.2, 0) is 6.42 Å². The molecule has 17 heavy (non-hydrogen) atoms. The third-order valence-electron chi connectivity index (χ3n) is 2.95. The molecular formula is C16H19N. The Morgan fingerprint density at radius 3 is 2.47 bits per heavy atom.